The Morgan fingerprint density at radius 2 is 2.03 bits per heavy atom. The molecule has 156 valence electrons. The van der Waals surface area contributed by atoms with Crippen LogP contribution in [-0.2, 0) is 11.3 Å². The second-order valence-corrected chi connectivity index (χ2v) is 7.27. The van der Waals surface area contributed by atoms with Crippen molar-refractivity contribution < 1.29 is 19.0 Å². The highest BCUT2D eigenvalue weighted by Crippen LogP contribution is 2.28. The normalized spacial score (nSPS) is 17.0. The molecule has 2 aromatic carbocycles. The summed E-state index contributed by atoms with van der Waals surface area (Å²) < 4.78 is 16.3. The Morgan fingerprint density at radius 1 is 1.28 bits per heavy atom. The number of ether oxygens (including phenoxy) is 3. The number of nitrogens with two attached hydrogens (primary N) is 1. The minimum atomic E-state index is -0.278. The number of morpholine rings is 1. The van der Waals surface area contributed by atoms with Crippen LogP contribution in [0.3, 0.4) is 0 Å². The molecule has 1 aliphatic heterocycles. The first kappa shape index (κ1) is 21.2. The predicted octanol–water partition coefficient (Wildman–Crippen LogP) is 2.57. The third-order valence-corrected chi connectivity index (χ3v) is 5.17. The van der Waals surface area contributed by atoms with E-state index in [4.69, 9.17) is 31.5 Å². The van der Waals surface area contributed by atoms with Crippen molar-refractivity contribution in [1.82, 2.24) is 10.2 Å². The number of nitrogens with zero attached hydrogens (tertiary/aromatic N) is 1. The van der Waals surface area contributed by atoms with Gasteiger partial charge in [0.1, 0.15) is 11.5 Å². The molecular weight excluding hydrogens is 394 g/mol. The molecule has 0 bridgehead atoms. The molecule has 1 unspecified atom stereocenters. The number of nitrogen functional groups attached to an aromatic ring is 1. The molecule has 1 aliphatic rings. The zero-order chi connectivity index (χ0) is 20.8. The maximum Gasteiger partial charge on any atom is 0.255 e. The van der Waals surface area contributed by atoms with Crippen molar-refractivity contribution >= 4 is 23.2 Å². The van der Waals surface area contributed by atoms with E-state index >= 15 is 0 Å². The first-order valence-electron chi connectivity index (χ1n) is 9.38. The summed E-state index contributed by atoms with van der Waals surface area (Å²) in [5.74, 6) is 0.948. The van der Waals surface area contributed by atoms with E-state index in [1.807, 2.05) is 12.1 Å². The molecule has 29 heavy (non-hydrogen) atoms. The number of hydrogen-bond donors (Lipinski definition) is 2. The van der Waals surface area contributed by atoms with Crippen molar-refractivity contribution in [2.45, 2.75) is 12.6 Å². The lowest BCUT2D eigenvalue weighted by Gasteiger charge is -2.33. The van der Waals surface area contributed by atoms with Crippen molar-refractivity contribution in [3.8, 4) is 11.5 Å². The van der Waals surface area contributed by atoms with E-state index in [-0.39, 0.29) is 12.0 Å². The van der Waals surface area contributed by atoms with Gasteiger partial charge in [-0.25, -0.2) is 0 Å². The fraction of sp³-hybridized carbons (Fsp3) is 0.381. The maximum absolute atomic E-state index is 12.6. The summed E-state index contributed by atoms with van der Waals surface area (Å²) in [6, 6.07) is 11.1. The Balaban J connectivity index is 1.55. The third-order valence-electron chi connectivity index (χ3n) is 4.84. The second-order valence-electron chi connectivity index (χ2n) is 6.86. The molecular formula is C21H26ClN3O4. The van der Waals surface area contributed by atoms with Gasteiger partial charge in [-0.3, -0.25) is 9.69 Å². The third kappa shape index (κ3) is 5.53. The summed E-state index contributed by atoms with van der Waals surface area (Å²) in [7, 11) is 3.14. The van der Waals surface area contributed by atoms with Gasteiger partial charge in [0.25, 0.3) is 5.91 Å². The number of methoxy groups -OCH3 is 2. The van der Waals surface area contributed by atoms with Crippen LogP contribution < -0.4 is 20.5 Å². The van der Waals surface area contributed by atoms with Crippen LogP contribution in [0, 0.1) is 0 Å². The molecule has 0 radical (unpaired) electrons. The molecule has 1 amide bonds. The number of benzene rings is 2. The molecule has 2 aromatic rings. The van der Waals surface area contributed by atoms with E-state index in [9.17, 15) is 4.79 Å². The van der Waals surface area contributed by atoms with Gasteiger partial charge < -0.3 is 25.3 Å². The van der Waals surface area contributed by atoms with Crippen LogP contribution in [0.1, 0.15) is 15.9 Å². The minimum Gasteiger partial charge on any atom is -0.497 e. The summed E-state index contributed by atoms with van der Waals surface area (Å²) in [6.07, 6.45) is -0.0961. The van der Waals surface area contributed by atoms with Crippen LogP contribution in [0.2, 0.25) is 5.02 Å². The molecule has 1 fully saturated rings. The highest BCUT2D eigenvalue weighted by molar-refractivity contribution is 6.33. The van der Waals surface area contributed by atoms with Crippen LogP contribution in [0.25, 0.3) is 0 Å². The lowest BCUT2D eigenvalue weighted by Crippen LogP contribution is -2.47. The number of halogens is 1. The summed E-state index contributed by atoms with van der Waals surface area (Å²) in [5.41, 5.74) is 7.69. The van der Waals surface area contributed by atoms with Gasteiger partial charge in [-0.2, -0.15) is 0 Å². The quantitative estimate of drug-likeness (QED) is 0.671. The zero-order valence-electron chi connectivity index (χ0n) is 16.6. The summed E-state index contributed by atoms with van der Waals surface area (Å²) in [4.78, 5) is 14.9. The number of anilines is 1. The van der Waals surface area contributed by atoms with Crippen LogP contribution in [-0.4, -0.2) is 57.4 Å². The smallest absolute Gasteiger partial charge is 0.255 e. The number of amides is 1. The number of carbonyl (C=O) groups excluding carboxylic acids is 1. The molecule has 7 nitrogen and oxygen atoms in total. The highest BCUT2D eigenvalue weighted by Gasteiger charge is 2.22. The molecule has 0 aliphatic carbocycles. The lowest BCUT2D eigenvalue weighted by molar-refractivity contribution is -0.0292. The Kier molecular flexibility index (Phi) is 7.19. The van der Waals surface area contributed by atoms with Gasteiger partial charge in [0, 0.05) is 32.2 Å². The van der Waals surface area contributed by atoms with Gasteiger partial charge in [-0.1, -0.05) is 23.7 Å². The van der Waals surface area contributed by atoms with E-state index in [0.29, 0.717) is 35.2 Å². The van der Waals surface area contributed by atoms with Crippen molar-refractivity contribution in [1.29, 1.82) is 0 Å². The number of nitrogens with one attached hydrogen (secondary N) is 1. The second kappa shape index (κ2) is 9.82. The summed E-state index contributed by atoms with van der Waals surface area (Å²) in [5, 5.41) is 3.22. The fourth-order valence-electron chi connectivity index (χ4n) is 3.25. The van der Waals surface area contributed by atoms with Gasteiger partial charge in [0.15, 0.2) is 0 Å². The van der Waals surface area contributed by atoms with Gasteiger partial charge in [-0.05, 0) is 23.8 Å². The van der Waals surface area contributed by atoms with E-state index < -0.39 is 0 Å². The van der Waals surface area contributed by atoms with Crippen LogP contribution in [0.15, 0.2) is 36.4 Å². The van der Waals surface area contributed by atoms with E-state index in [0.717, 1.165) is 25.4 Å². The van der Waals surface area contributed by atoms with Crippen molar-refractivity contribution in [2.24, 2.45) is 0 Å². The Bertz CT molecular complexity index is 845. The fourth-order valence-corrected chi connectivity index (χ4v) is 3.42. The average molecular weight is 420 g/mol. The molecule has 0 saturated carbocycles. The van der Waals surface area contributed by atoms with E-state index in [1.54, 1.807) is 13.2 Å². The summed E-state index contributed by atoms with van der Waals surface area (Å²) >= 11 is 6.05. The first-order chi connectivity index (χ1) is 14.0. The Morgan fingerprint density at radius 3 is 2.72 bits per heavy atom. The summed E-state index contributed by atoms with van der Waals surface area (Å²) in [6.45, 7) is 3.40. The van der Waals surface area contributed by atoms with Crippen molar-refractivity contribution in [3.63, 3.8) is 0 Å². The molecule has 3 rings (SSSR count). The predicted molar refractivity (Wildman–Crippen MR) is 113 cm³/mol. The monoisotopic (exact) mass is 419 g/mol. The highest BCUT2D eigenvalue weighted by atomic mass is 35.5. The number of rotatable bonds is 7. The molecule has 8 heteroatoms. The molecule has 0 aromatic heterocycles. The zero-order valence-corrected chi connectivity index (χ0v) is 17.4. The average Bonchev–Trinajstić information content (AvgIpc) is 2.74. The van der Waals surface area contributed by atoms with Crippen LogP contribution >= 0.6 is 11.6 Å². The molecule has 1 saturated heterocycles. The van der Waals surface area contributed by atoms with E-state index in [2.05, 4.69) is 22.3 Å². The molecule has 0 spiro atoms. The topological polar surface area (TPSA) is 86.1 Å². The molecule has 1 atom stereocenters. The van der Waals surface area contributed by atoms with Crippen molar-refractivity contribution in [3.05, 3.63) is 52.5 Å². The first-order valence-corrected chi connectivity index (χ1v) is 9.76. The van der Waals surface area contributed by atoms with E-state index in [1.165, 1.54) is 18.7 Å². The Labute approximate surface area is 175 Å². The minimum absolute atomic E-state index is 0.0961. The largest absolute Gasteiger partial charge is 0.497 e. The SMILES string of the molecule is COc1ccc(CN2CCOC(CNC(=O)c3cc(Cl)c(N)cc3OC)C2)cc1. The van der Waals surface area contributed by atoms with Crippen LogP contribution in [0.5, 0.6) is 11.5 Å². The van der Waals surface area contributed by atoms with Gasteiger partial charge in [-0.15, -0.1) is 0 Å². The number of hydrogen-bond acceptors (Lipinski definition) is 6. The number of carbonyl (C=O) groups is 1. The van der Waals surface area contributed by atoms with Gasteiger partial charge in [0.05, 0.1) is 43.2 Å². The van der Waals surface area contributed by atoms with Gasteiger partial charge >= 0.3 is 0 Å². The van der Waals surface area contributed by atoms with Crippen molar-refractivity contribution in [2.75, 3.05) is 46.2 Å². The standard InChI is InChI=1S/C21H26ClN3O4/c1-27-15-5-3-14(4-6-15)12-25-7-8-29-16(13-25)11-24-21(26)17-9-18(22)19(23)10-20(17)28-2/h3-6,9-10,16H,7-8,11-13,23H2,1-2H3,(H,24,26). The Hall–Kier alpha value is -2.48. The molecule has 3 N–H and O–H groups in total. The van der Waals surface area contributed by atoms with Gasteiger partial charge in [0.2, 0.25) is 0 Å². The lowest BCUT2D eigenvalue weighted by atomic mass is 10.1. The molecule has 1 heterocycles. The maximum atomic E-state index is 12.6. The van der Waals surface area contributed by atoms with Crippen LogP contribution in [0.4, 0.5) is 5.69 Å².